The van der Waals surface area contributed by atoms with E-state index in [4.69, 9.17) is 11.6 Å². The molecular weight excluding hydrogens is 599 g/mol. The monoisotopic (exact) mass is 631 g/mol. The molecule has 2 fully saturated rings. The van der Waals surface area contributed by atoms with E-state index in [9.17, 15) is 18.4 Å². The summed E-state index contributed by atoms with van der Waals surface area (Å²) in [5, 5.41) is 0.536. The van der Waals surface area contributed by atoms with Gasteiger partial charge in [0.2, 0.25) is 5.91 Å². The number of hydrogen-bond donors (Lipinski definition) is 0. The zero-order valence-corrected chi connectivity index (χ0v) is 25.8. The minimum absolute atomic E-state index is 0.151. The van der Waals surface area contributed by atoms with Gasteiger partial charge in [0.1, 0.15) is 23.6 Å². The molecule has 2 unspecified atom stereocenters. The van der Waals surface area contributed by atoms with Gasteiger partial charge in [-0.1, -0.05) is 18.2 Å². The lowest BCUT2D eigenvalue weighted by molar-refractivity contribution is -0.130. The maximum Gasteiger partial charge on any atom is 0.350 e. The molecule has 0 radical (unpaired) electrons. The quantitative estimate of drug-likeness (QED) is 0.270. The number of nitrogens with zero attached hydrogens (tertiary/aromatic N) is 5. The molecule has 0 spiro atoms. The Morgan fingerprint density at radius 1 is 1.16 bits per heavy atom. The molecule has 12 heteroatoms. The molecule has 3 aromatic rings. The number of amides is 1. The van der Waals surface area contributed by atoms with Crippen LogP contribution in [0.15, 0.2) is 40.5 Å². The van der Waals surface area contributed by atoms with Crippen molar-refractivity contribution in [3.63, 3.8) is 0 Å². The number of aromatic nitrogens is 2. The van der Waals surface area contributed by atoms with E-state index in [0.29, 0.717) is 66.7 Å². The third kappa shape index (κ3) is 5.23. The van der Waals surface area contributed by atoms with E-state index in [1.165, 1.54) is 23.9 Å². The van der Waals surface area contributed by atoms with Crippen LogP contribution in [0.3, 0.4) is 0 Å². The van der Waals surface area contributed by atoms with Gasteiger partial charge in [-0.05, 0) is 51.0 Å². The number of benzene rings is 2. The lowest BCUT2D eigenvalue weighted by atomic mass is 9.96. The lowest BCUT2D eigenvalue weighted by Crippen LogP contribution is -2.58. The van der Waals surface area contributed by atoms with Crippen LogP contribution in [0.4, 0.5) is 19.0 Å². The van der Waals surface area contributed by atoms with E-state index >= 15 is 4.39 Å². The molecule has 7 nitrogen and oxygen atoms in total. The number of anilines is 1. The van der Waals surface area contributed by atoms with Crippen LogP contribution in [0.25, 0.3) is 22.0 Å². The zero-order chi connectivity index (χ0) is 30.7. The predicted molar refractivity (Wildman–Crippen MR) is 165 cm³/mol. The maximum atomic E-state index is 15.3. The maximum absolute atomic E-state index is 15.3. The molecule has 0 aliphatic carbocycles. The third-order valence-electron chi connectivity index (χ3n) is 8.74. The van der Waals surface area contributed by atoms with E-state index in [1.807, 2.05) is 36.6 Å². The number of thioether (sulfide) groups is 1. The zero-order valence-electron chi connectivity index (χ0n) is 24.2. The van der Waals surface area contributed by atoms with Gasteiger partial charge in [0.15, 0.2) is 0 Å². The van der Waals surface area contributed by atoms with Crippen LogP contribution in [-0.2, 0) is 4.79 Å². The summed E-state index contributed by atoms with van der Waals surface area (Å²) in [6, 6.07) is 3.36. The van der Waals surface area contributed by atoms with E-state index in [1.54, 1.807) is 9.47 Å². The standard InChI is InChI=1S/C31H33ClF3N5O2S/c1-5-26(41)39-17(3)11-38(12-18(39)4)30-22-8-16(2)27(21-9-23(32)25(35)10-24(21)34)29-28(22)40(31(42)36-30)20(15-43-29)14-37-7-6-19(33)13-37/h5,8-10,17-20H,1,6-7,11-15H2,2-4H3/t17-,18+,19?,20?. The molecule has 43 heavy (non-hydrogen) atoms. The van der Waals surface area contributed by atoms with Gasteiger partial charge in [-0.15, -0.1) is 11.8 Å². The normalized spacial score (nSPS) is 24.2. The first-order valence-electron chi connectivity index (χ1n) is 14.4. The Balaban J connectivity index is 1.55. The second-order valence-electron chi connectivity index (χ2n) is 11.8. The number of halogens is 4. The van der Waals surface area contributed by atoms with E-state index in [2.05, 4.69) is 11.6 Å². The van der Waals surface area contributed by atoms with Gasteiger partial charge in [-0.3, -0.25) is 14.3 Å². The highest BCUT2D eigenvalue weighted by atomic mass is 35.5. The highest BCUT2D eigenvalue weighted by Gasteiger charge is 2.36. The number of carbonyl (C=O) groups is 1. The van der Waals surface area contributed by atoms with Crippen molar-refractivity contribution >= 4 is 46.0 Å². The van der Waals surface area contributed by atoms with E-state index < -0.39 is 23.5 Å². The van der Waals surface area contributed by atoms with Crippen LogP contribution in [0, 0.1) is 18.6 Å². The average molecular weight is 632 g/mol. The highest BCUT2D eigenvalue weighted by Crippen LogP contribution is 2.47. The first kappa shape index (κ1) is 30.0. The summed E-state index contributed by atoms with van der Waals surface area (Å²) in [6.07, 6.45) is 0.879. The van der Waals surface area contributed by atoms with Crippen molar-refractivity contribution in [1.82, 2.24) is 19.4 Å². The first-order valence-corrected chi connectivity index (χ1v) is 15.8. The first-order chi connectivity index (χ1) is 20.5. The van der Waals surface area contributed by atoms with Crippen LogP contribution in [-0.4, -0.2) is 82.0 Å². The van der Waals surface area contributed by atoms with Crippen molar-refractivity contribution in [3.8, 4) is 11.1 Å². The van der Waals surface area contributed by atoms with Gasteiger partial charge in [0, 0.05) is 78.0 Å². The molecule has 4 atom stereocenters. The molecule has 2 saturated heterocycles. The molecular formula is C31H33ClF3N5O2S. The predicted octanol–water partition coefficient (Wildman–Crippen LogP) is 5.61. The smallest absolute Gasteiger partial charge is 0.350 e. The molecule has 1 amide bonds. The van der Waals surface area contributed by atoms with Crippen LogP contribution in [0.1, 0.15) is 31.9 Å². The number of rotatable bonds is 5. The second kappa shape index (κ2) is 11.5. The topological polar surface area (TPSA) is 61.7 Å². The van der Waals surface area contributed by atoms with Crippen molar-refractivity contribution in [3.05, 3.63) is 63.6 Å². The highest BCUT2D eigenvalue weighted by molar-refractivity contribution is 7.99. The van der Waals surface area contributed by atoms with E-state index in [0.717, 1.165) is 17.0 Å². The fraction of sp³-hybridized carbons (Fsp3) is 0.452. The van der Waals surface area contributed by atoms with Gasteiger partial charge in [-0.25, -0.2) is 18.0 Å². The van der Waals surface area contributed by atoms with Gasteiger partial charge in [0.05, 0.1) is 16.6 Å². The Bertz CT molecular complexity index is 1690. The molecule has 0 bridgehead atoms. The molecule has 3 aliphatic rings. The van der Waals surface area contributed by atoms with Crippen LogP contribution in [0.5, 0.6) is 0 Å². The van der Waals surface area contributed by atoms with Crippen molar-refractivity contribution in [2.24, 2.45) is 0 Å². The second-order valence-corrected chi connectivity index (χ2v) is 13.2. The molecule has 2 aromatic carbocycles. The number of piperazine rings is 1. The Hall–Kier alpha value is -3.02. The van der Waals surface area contributed by atoms with Crippen LogP contribution >= 0.6 is 23.4 Å². The molecule has 4 heterocycles. The minimum Gasteiger partial charge on any atom is -0.352 e. The molecule has 0 saturated carbocycles. The van der Waals surface area contributed by atoms with Gasteiger partial charge < -0.3 is 9.80 Å². The average Bonchev–Trinajstić information content (AvgIpc) is 3.37. The van der Waals surface area contributed by atoms with E-state index in [-0.39, 0.29) is 34.6 Å². The van der Waals surface area contributed by atoms with Crippen molar-refractivity contribution in [2.45, 2.75) is 56.4 Å². The number of hydrogen-bond acceptors (Lipinski definition) is 6. The summed E-state index contributed by atoms with van der Waals surface area (Å²) >= 11 is 7.62. The van der Waals surface area contributed by atoms with Crippen molar-refractivity contribution in [2.75, 3.05) is 43.4 Å². The minimum atomic E-state index is -0.892. The summed E-state index contributed by atoms with van der Waals surface area (Å²) in [7, 11) is 0. The Morgan fingerprint density at radius 3 is 2.53 bits per heavy atom. The van der Waals surface area contributed by atoms with Gasteiger partial charge >= 0.3 is 5.69 Å². The Kier molecular flexibility index (Phi) is 8.02. The van der Waals surface area contributed by atoms with Gasteiger partial charge in [0.25, 0.3) is 0 Å². The molecule has 3 aliphatic heterocycles. The summed E-state index contributed by atoms with van der Waals surface area (Å²) < 4.78 is 45.2. The lowest BCUT2D eigenvalue weighted by Gasteiger charge is -2.45. The molecule has 0 N–H and O–H groups in total. The summed E-state index contributed by atoms with van der Waals surface area (Å²) in [6.45, 7) is 11.7. The van der Waals surface area contributed by atoms with Crippen molar-refractivity contribution < 1.29 is 18.0 Å². The molecule has 6 rings (SSSR count). The number of aryl methyl sites for hydroxylation is 1. The fourth-order valence-corrected chi connectivity index (χ4v) is 8.47. The summed E-state index contributed by atoms with van der Waals surface area (Å²) in [4.78, 5) is 37.6. The molecule has 1 aromatic heterocycles. The Morgan fingerprint density at radius 2 is 1.88 bits per heavy atom. The van der Waals surface area contributed by atoms with Gasteiger partial charge in [-0.2, -0.15) is 4.98 Å². The summed E-state index contributed by atoms with van der Waals surface area (Å²) in [5.74, 6) is -0.745. The SMILES string of the molecule is C=CC(=O)N1[C@H](C)CN(c2nc(=O)n3c4c(c(-c5cc(Cl)c(F)cc5F)c(C)cc24)SCC3CN2CCC(F)C2)C[C@@H]1C. The van der Waals surface area contributed by atoms with Crippen LogP contribution in [0.2, 0.25) is 5.02 Å². The fourth-order valence-electron chi connectivity index (χ4n) is 6.93. The number of carbonyl (C=O) groups excluding carboxylic acids is 1. The Labute approximate surface area is 257 Å². The number of likely N-dealkylation sites (tertiary alicyclic amines) is 1. The third-order valence-corrected chi connectivity index (χ3v) is 10.3. The molecule has 228 valence electrons. The summed E-state index contributed by atoms with van der Waals surface area (Å²) in [5.41, 5.74) is 1.61. The van der Waals surface area contributed by atoms with Crippen LogP contribution < -0.4 is 10.6 Å². The number of alkyl halides is 1. The van der Waals surface area contributed by atoms with Crippen molar-refractivity contribution in [1.29, 1.82) is 0 Å². The largest absolute Gasteiger partial charge is 0.352 e.